The van der Waals surface area contributed by atoms with Gasteiger partial charge in [-0.1, -0.05) is 6.42 Å². The van der Waals surface area contributed by atoms with E-state index in [1.807, 2.05) is 0 Å². The van der Waals surface area contributed by atoms with Crippen LogP contribution in [0.4, 0.5) is 9.93 Å². The number of fused-ring (bicyclic) bond motifs is 1. The lowest BCUT2D eigenvalue weighted by Gasteiger charge is -2.32. The molecule has 21 heavy (non-hydrogen) atoms. The molecule has 114 valence electrons. The number of nitrogens with one attached hydrogen (secondary N) is 2. The maximum absolute atomic E-state index is 12.2. The maximum Gasteiger partial charge on any atom is 0.321 e. The molecule has 0 bridgehead atoms. The molecule has 3 aliphatic rings. The van der Waals surface area contributed by atoms with Crippen molar-refractivity contribution in [2.45, 2.75) is 56.5 Å². The summed E-state index contributed by atoms with van der Waals surface area (Å²) in [7, 11) is 0. The molecule has 2 amide bonds. The number of hydrogen-bond donors (Lipinski definition) is 2. The Morgan fingerprint density at radius 1 is 1.24 bits per heavy atom. The lowest BCUT2D eigenvalue weighted by atomic mass is 9.99. The largest absolute Gasteiger partial charge is 0.333 e. The van der Waals surface area contributed by atoms with Crippen LogP contribution in [0.15, 0.2) is 5.38 Å². The van der Waals surface area contributed by atoms with Crippen LogP contribution in [0.3, 0.4) is 0 Å². The molecule has 2 N–H and O–H groups in total. The zero-order valence-electron chi connectivity index (χ0n) is 12.2. The van der Waals surface area contributed by atoms with E-state index in [1.165, 1.54) is 50.0 Å². The summed E-state index contributed by atoms with van der Waals surface area (Å²) in [5.74, 6) is 0.644. The van der Waals surface area contributed by atoms with Gasteiger partial charge in [0.25, 0.3) is 0 Å². The number of anilines is 1. The third kappa shape index (κ3) is 2.92. The van der Waals surface area contributed by atoms with Gasteiger partial charge in [-0.25, -0.2) is 9.78 Å². The zero-order valence-corrected chi connectivity index (χ0v) is 13.0. The van der Waals surface area contributed by atoms with Crippen LogP contribution in [0.2, 0.25) is 0 Å². The topological polar surface area (TPSA) is 57.3 Å². The smallest absolute Gasteiger partial charge is 0.321 e. The molecular weight excluding hydrogens is 284 g/mol. The first-order valence-corrected chi connectivity index (χ1v) is 8.94. The fourth-order valence-electron chi connectivity index (χ4n) is 3.63. The van der Waals surface area contributed by atoms with E-state index in [9.17, 15) is 4.79 Å². The minimum Gasteiger partial charge on any atom is -0.333 e. The van der Waals surface area contributed by atoms with Crippen LogP contribution in [0.5, 0.6) is 0 Å². The van der Waals surface area contributed by atoms with Crippen LogP contribution >= 0.6 is 11.3 Å². The first kappa shape index (κ1) is 13.5. The average Bonchev–Trinajstić information content (AvgIpc) is 3.12. The van der Waals surface area contributed by atoms with Crippen LogP contribution in [0.1, 0.15) is 50.1 Å². The number of carbonyl (C=O) groups excluding carboxylic acids is 1. The van der Waals surface area contributed by atoms with Gasteiger partial charge in [-0.05, 0) is 38.6 Å². The highest BCUT2D eigenvalue weighted by atomic mass is 32.1. The first-order chi connectivity index (χ1) is 10.3. The molecule has 2 aliphatic heterocycles. The number of rotatable bonds is 3. The van der Waals surface area contributed by atoms with Gasteiger partial charge in [-0.2, -0.15) is 0 Å². The summed E-state index contributed by atoms with van der Waals surface area (Å²) in [6, 6.07) is 0.750. The summed E-state index contributed by atoms with van der Waals surface area (Å²) in [5.41, 5.74) is 1.15. The molecule has 6 heteroatoms. The average molecular weight is 306 g/mol. The van der Waals surface area contributed by atoms with Gasteiger partial charge in [0, 0.05) is 29.9 Å². The van der Waals surface area contributed by atoms with E-state index in [4.69, 9.17) is 0 Å². The molecular formula is C15H22N4OS. The standard InChI is InChI=1S/C15H22N4OS/c20-14(18-15-17-12(9-21-15)10-4-5-10)16-11-6-8-19-7-2-1-3-13(11)19/h9-11,13H,1-8H2,(H2,16,17,18,20). The summed E-state index contributed by atoms with van der Waals surface area (Å²) in [5, 5.41) is 8.87. The third-order valence-corrected chi connectivity index (χ3v) is 5.69. The molecule has 4 rings (SSSR count). The first-order valence-electron chi connectivity index (χ1n) is 8.06. The fraction of sp³-hybridized carbons (Fsp3) is 0.733. The second-order valence-corrected chi connectivity index (χ2v) is 7.30. The van der Waals surface area contributed by atoms with Crippen molar-refractivity contribution in [2.24, 2.45) is 0 Å². The fourth-order valence-corrected chi connectivity index (χ4v) is 4.41. The third-order valence-electron chi connectivity index (χ3n) is 4.91. The van der Waals surface area contributed by atoms with Gasteiger partial charge in [0.15, 0.2) is 5.13 Å². The van der Waals surface area contributed by atoms with E-state index in [1.54, 1.807) is 0 Å². The molecule has 2 saturated heterocycles. The second kappa shape index (κ2) is 5.57. The van der Waals surface area contributed by atoms with Crippen molar-refractivity contribution in [3.63, 3.8) is 0 Å². The molecule has 1 aliphatic carbocycles. The molecule has 0 radical (unpaired) electrons. The van der Waals surface area contributed by atoms with Crippen molar-refractivity contribution < 1.29 is 4.79 Å². The second-order valence-electron chi connectivity index (χ2n) is 6.44. The van der Waals surface area contributed by atoms with Crippen molar-refractivity contribution in [1.29, 1.82) is 0 Å². The van der Waals surface area contributed by atoms with E-state index in [2.05, 4.69) is 25.9 Å². The number of nitrogens with zero attached hydrogens (tertiary/aromatic N) is 2. The van der Waals surface area contributed by atoms with Crippen molar-refractivity contribution in [3.8, 4) is 0 Å². The summed E-state index contributed by atoms with van der Waals surface area (Å²) in [6.45, 7) is 2.32. The predicted molar refractivity (Wildman–Crippen MR) is 83.9 cm³/mol. The number of hydrogen-bond acceptors (Lipinski definition) is 4. The highest BCUT2D eigenvalue weighted by Gasteiger charge is 2.36. The lowest BCUT2D eigenvalue weighted by molar-refractivity contribution is 0.180. The molecule has 0 spiro atoms. The van der Waals surface area contributed by atoms with Gasteiger partial charge in [-0.3, -0.25) is 10.2 Å². The summed E-state index contributed by atoms with van der Waals surface area (Å²) in [6.07, 6.45) is 7.37. The van der Waals surface area contributed by atoms with Crippen LogP contribution in [-0.2, 0) is 0 Å². The Kier molecular flexibility index (Phi) is 3.59. The Labute approximate surface area is 129 Å². The highest BCUT2D eigenvalue weighted by molar-refractivity contribution is 7.13. The van der Waals surface area contributed by atoms with Crippen molar-refractivity contribution in [1.82, 2.24) is 15.2 Å². The van der Waals surface area contributed by atoms with Crippen LogP contribution in [0.25, 0.3) is 0 Å². The monoisotopic (exact) mass is 306 g/mol. The highest BCUT2D eigenvalue weighted by Crippen LogP contribution is 2.40. The lowest BCUT2D eigenvalue weighted by Crippen LogP contribution is -2.47. The molecule has 5 nitrogen and oxygen atoms in total. The summed E-state index contributed by atoms with van der Waals surface area (Å²) in [4.78, 5) is 19.2. The van der Waals surface area contributed by atoms with Crippen molar-refractivity contribution in [3.05, 3.63) is 11.1 Å². The quantitative estimate of drug-likeness (QED) is 0.903. The van der Waals surface area contributed by atoms with Gasteiger partial charge < -0.3 is 5.32 Å². The Bertz CT molecular complexity index is 527. The molecule has 2 atom stereocenters. The van der Waals surface area contributed by atoms with Gasteiger partial charge in [0.05, 0.1) is 5.69 Å². The molecule has 3 heterocycles. The van der Waals surface area contributed by atoms with E-state index < -0.39 is 0 Å². The number of amides is 2. The Morgan fingerprint density at radius 3 is 3.00 bits per heavy atom. The predicted octanol–water partition coefficient (Wildman–Crippen LogP) is 2.77. The number of aromatic nitrogens is 1. The summed E-state index contributed by atoms with van der Waals surface area (Å²) < 4.78 is 0. The number of carbonyl (C=O) groups is 1. The SMILES string of the molecule is O=C(Nc1nc(C2CC2)cs1)NC1CCN2CCCCC12. The van der Waals surface area contributed by atoms with E-state index in [0.717, 1.165) is 23.8 Å². The normalized spacial score (nSPS) is 29.1. The minimum atomic E-state index is -0.0934. The maximum atomic E-state index is 12.2. The Hall–Kier alpha value is -1.14. The Morgan fingerprint density at radius 2 is 2.14 bits per heavy atom. The molecule has 1 aromatic heterocycles. The van der Waals surface area contributed by atoms with Gasteiger partial charge >= 0.3 is 6.03 Å². The molecule has 1 aromatic rings. The number of piperidine rings is 1. The van der Waals surface area contributed by atoms with E-state index in [-0.39, 0.29) is 6.03 Å². The zero-order chi connectivity index (χ0) is 14.2. The van der Waals surface area contributed by atoms with E-state index >= 15 is 0 Å². The molecule has 3 fully saturated rings. The van der Waals surface area contributed by atoms with Crippen LogP contribution in [0, 0.1) is 0 Å². The number of urea groups is 1. The van der Waals surface area contributed by atoms with Crippen LogP contribution < -0.4 is 10.6 Å². The van der Waals surface area contributed by atoms with Crippen LogP contribution in [-0.4, -0.2) is 41.1 Å². The number of thiazole rings is 1. The molecule has 2 unspecified atom stereocenters. The van der Waals surface area contributed by atoms with Gasteiger partial charge in [0.2, 0.25) is 0 Å². The van der Waals surface area contributed by atoms with Gasteiger partial charge in [-0.15, -0.1) is 11.3 Å². The molecule has 1 saturated carbocycles. The van der Waals surface area contributed by atoms with E-state index in [0.29, 0.717) is 18.0 Å². The molecule has 0 aromatic carbocycles. The van der Waals surface area contributed by atoms with Crippen molar-refractivity contribution >= 4 is 22.5 Å². The Balaban J connectivity index is 1.32. The van der Waals surface area contributed by atoms with Crippen molar-refractivity contribution in [2.75, 3.05) is 18.4 Å². The minimum absolute atomic E-state index is 0.0934. The summed E-state index contributed by atoms with van der Waals surface area (Å²) >= 11 is 1.53. The van der Waals surface area contributed by atoms with Gasteiger partial charge in [0.1, 0.15) is 0 Å².